The summed E-state index contributed by atoms with van der Waals surface area (Å²) in [7, 11) is 0. The van der Waals surface area contributed by atoms with Gasteiger partial charge in [0.25, 0.3) is 0 Å². The number of carbonyl (C=O) groups excluding carboxylic acids is 1. The molecule has 92 valence electrons. The van der Waals surface area contributed by atoms with Crippen molar-refractivity contribution in [2.45, 2.75) is 6.54 Å². The first-order valence-corrected chi connectivity index (χ1v) is 6.32. The lowest BCUT2D eigenvalue weighted by molar-refractivity contribution is 0.1000. The first-order valence-electron chi connectivity index (χ1n) is 5.53. The van der Waals surface area contributed by atoms with Gasteiger partial charge in [-0.25, -0.2) is 0 Å². The molecular weight excluding hydrogens is 292 g/mol. The van der Waals surface area contributed by atoms with E-state index in [1.54, 1.807) is 12.1 Å². The van der Waals surface area contributed by atoms with Crippen molar-refractivity contribution >= 4 is 27.5 Å². The molecule has 3 N–H and O–H groups in total. The molecule has 0 fully saturated rings. The van der Waals surface area contributed by atoms with Crippen molar-refractivity contribution in [2.24, 2.45) is 5.73 Å². The van der Waals surface area contributed by atoms with E-state index in [0.717, 1.165) is 15.7 Å². The van der Waals surface area contributed by atoms with Crippen LogP contribution in [0.1, 0.15) is 15.9 Å². The number of primary amides is 1. The summed E-state index contributed by atoms with van der Waals surface area (Å²) in [6.07, 6.45) is 0. The Balaban J connectivity index is 2.06. The Labute approximate surface area is 114 Å². The van der Waals surface area contributed by atoms with Gasteiger partial charge >= 0.3 is 0 Å². The van der Waals surface area contributed by atoms with Gasteiger partial charge < -0.3 is 11.1 Å². The highest BCUT2D eigenvalue weighted by molar-refractivity contribution is 9.10. The second-order valence-corrected chi connectivity index (χ2v) is 4.84. The molecule has 3 nitrogen and oxygen atoms in total. The third-order valence-electron chi connectivity index (χ3n) is 2.53. The van der Waals surface area contributed by atoms with Crippen LogP contribution in [0.3, 0.4) is 0 Å². The van der Waals surface area contributed by atoms with E-state index in [-0.39, 0.29) is 0 Å². The molecule has 1 amide bonds. The summed E-state index contributed by atoms with van der Waals surface area (Å²) in [4.78, 5) is 11.1. The first kappa shape index (κ1) is 12.6. The fourth-order valence-corrected chi connectivity index (χ4v) is 2.04. The third kappa shape index (κ3) is 3.34. The molecule has 0 spiro atoms. The number of benzene rings is 2. The molecule has 18 heavy (non-hydrogen) atoms. The summed E-state index contributed by atoms with van der Waals surface area (Å²) < 4.78 is 1.03. The van der Waals surface area contributed by atoms with Gasteiger partial charge in [-0.05, 0) is 35.9 Å². The van der Waals surface area contributed by atoms with Crippen LogP contribution in [0.4, 0.5) is 5.69 Å². The number of amides is 1. The molecule has 0 atom stereocenters. The lowest BCUT2D eigenvalue weighted by atomic mass is 10.1. The van der Waals surface area contributed by atoms with Crippen molar-refractivity contribution in [3.8, 4) is 0 Å². The van der Waals surface area contributed by atoms with Crippen molar-refractivity contribution in [1.29, 1.82) is 0 Å². The van der Waals surface area contributed by atoms with E-state index in [1.165, 1.54) is 0 Å². The molecule has 0 aliphatic heterocycles. The van der Waals surface area contributed by atoms with Gasteiger partial charge in [-0.2, -0.15) is 0 Å². The van der Waals surface area contributed by atoms with E-state index < -0.39 is 5.91 Å². The second-order valence-electron chi connectivity index (χ2n) is 3.93. The van der Waals surface area contributed by atoms with Crippen molar-refractivity contribution in [2.75, 3.05) is 5.32 Å². The highest BCUT2D eigenvalue weighted by Crippen LogP contribution is 2.16. The number of hydrogen-bond donors (Lipinski definition) is 2. The van der Waals surface area contributed by atoms with Crippen molar-refractivity contribution in [1.82, 2.24) is 0 Å². The topological polar surface area (TPSA) is 55.1 Å². The van der Waals surface area contributed by atoms with E-state index in [9.17, 15) is 4.79 Å². The smallest absolute Gasteiger partial charge is 0.248 e. The number of anilines is 1. The standard InChI is InChI=1S/C14H13BrN2O/c15-12-5-2-6-13(8-12)17-9-10-3-1-4-11(7-10)14(16)18/h1-8,17H,9H2,(H2,16,18). The zero-order chi connectivity index (χ0) is 13.0. The van der Waals surface area contributed by atoms with Gasteiger partial charge in [-0.15, -0.1) is 0 Å². The molecule has 0 bridgehead atoms. The average Bonchev–Trinajstić information content (AvgIpc) is 2.37. The van der Waals surface area contributed by atoms with Crippen molar-refractivity contribution < 1.29 is 4.79 Å². The van der Waals surface area contributed by atoms with Gasteiger partial charge in [0.05, 0.1) is 0 Å². The minimum absolute atomic E-state index is 0.403. The van der Waals surface area contributed by atoms with Crippen LogP contribution in [0.15, 0.2) is 53.0 Å². The summed E-state index contributed by atoms with van der Waals surface area (Å²) in [5.74, 6) is -0.403. The molecule has 4 heteroatoms. The summed E-state index contributed by atoms with van der Waals surface area (Å²) in [6.45, 7) is 0.650. The maximum atomic E-state index is 11.1. The van der Waals surface area contributed by atoms with Gasteiger partial charge in [0.15, 0.2) is 0 Å². The molecule has 2 rings (SSSR count). The lowest BCUT2D eigenvalue weighted by Crippen LogP contribution is -2.11. The zero-order valence-corrected chi connectivity index (χ0v) is 11.3. The van der Waals surface area contributed by atoms with E-state index in [4.69, 9.17) is 5.73 Å². The summed E-state index contributed by atoms with van der Waals surface area (Å²) in [5.41, 5.74) is 7.82. The van der Waals surface area contributed by atoms with E-state index in [0.29, 0.717) is 12.1 Å². The minimum Gasteiger partial charge on any atom is -0.381 e. The van der Waals surface area contributed by atoms with Crippen LogP contribution in [0.5, 0.6) is 0 Å². The Morgan fingerprint density at radius 1 is 1.17 bits per heavy atom. The first-order chi connectivity index (χ1) is 8.65. The highest BCUT2D eigenvalue weighted by atomic mass is 79.9. The van der Waals surface area contributed by atoms with Gasteiger partial charge in [0, 0.05) is 22.3 Å². The van der Waals surface area contributed by atoms with Crippen LogP contribution in [-0.4, -0.2) is 5.91 Å². The average molecular weight is 305 g/mol. The largest absolute Gasteiger partial charge is 0.381 e. The number of hydrogen-bond acceptors (Lipinski definition) is 2. The van der Waals surface area contributed by atoms with Crippen molar-refractivity contribution in [3.05, 3.63) is 64.1 Å². The highest BCUT2D eigenvalue weighted by Gasteiger charge is 2.01. The SMILES string of the molecule is NC(=O)c1cccc(CNc2cccc(Br)c2)c1. The predicted molar refractivity (Wildman–Crippen MR) is 76.4 cm³/mol. The third-order valence-corrected chi connectivity index (χ3v) is 3.03. The van der Waals surface area contributed by atoms with Crippen LogP contribution >= 0.6 is 15.9 Å². The van der Waals surface area contributed by atoms with E-state index in [1.807, 2.05) is 36.4 Å². The molecule has 0 saturated carbocycles. The number of carbonyl (C=O) groups is 1. The lowest BCUT2D eigenvalue weighted by Gasteiger charge is -2.07. The zero-order valence-electron chi connectivity index (χ0n) is 9.69. The molecule has 0 heterocycles. The van der Waals surface area contributed by atoms with E-state index in [2.05, 4.69) is 21.2 Å². The molecule has 0 unspecified atom stereocenters. The fourth-order valence-electron chi connectivity index (χ4n) is 1.64. The second kappa shape index (κ2) is 5.69. The monoisotopic (exact) mass is 304 g/mol. The Morgan fingerprint density at radius 3 is 2.67 bits per heavy atom. The normalized spacial score (nSPS) is 10.1. The Kier molecular flexibility index (Phi) is 3.99. The Bertz CT molecular complexity index is 569. The maximum absolute atomic E-state index is 11.1. The van der Waals surface area contributed by atoms with Gasteiger partial charge in [0.1, 0.15) is 0 Å². The summed E-state index contributed by atoms with van der Waals surface area (Å²) in [6, 6.07) is 15.2. The Hall–Kier alpha value is -1.81. The number of nitrogens with one attached hydrogen (secondary N) is 1. The quantitative estimate of drug-likeness (QED) is 0.911. The molecule has 0 aliphatic rings. The number of nitrogens with two attached hydrogens (primary N) is 1. The van der Waals surface area contributed by atoms with Crippen molar-refractivity contribution in [3.63, 3.8) is 0 Å². The predicted octanol–water partition coefficient (Wildman–Crippen LogP) is 3.16. The number of rotatable bonds is 4. The molecule has 0 saturated heterocycles. The van der Waals surface area contributed by atoms with Crippen LogP contribution in [0.25, 0.3) is 0 Å². The van der Waals surface area contributed by atoms with Crippen LogP contribution in [-0.2, 0) is 6.54 Å². The molecule has 0 aromatic heterocycles. The Morgan fingerprint density at radius 2 is 1.94 bits per heavy atom. The molecule has 0 aliphatic carbocycles. The van der Waals surface area contributed by atoms with E-state index >= 15 is 0 Å². The van der Waals surface area contributed by atoms with Crippen LogP contribution in [0.2, 0.25) is 0 Å². The molecule has 0 radical (unpaired) electrons. The maximum Gasteiger partial charge on any atom is 0.248 e. The molecule has 2 aromatic rings. The summed E-state index contributed by atoms with van der Waals surface area (Å²) >= 11 is 3.42. The van der Waals surface area contributed by atoms with Gasteiger partial charge in [0.2, 0.25) is 5.91 Å². The molecular formula is C14H13BrN2O. The van der Waals surface area contributed by atoms with Crippen LogP contribution < -0.4 is 11.1 Å². The van der Waals surface area contributed by atoms with Gasteiger partial charge in [-0.3, -0.25) is 4.79 Å². The number of halogens is 1. The summed E-state index contributed by atoms with van der Waals surface area (Å²) in [5, 5.41) is 3.29. The molecule has 2 aromatic carbocycles. The fraction of sp³-hybridized carbons (Fsp3) is 0.0714. The van der Waals surface area contributed by atoms with Gasteiger partial charge in [-0.1, -0.05) is 34.1 Å². The minimum atomic E-state index is -0.403. The van der Waals surface area contributed by atoms with Crippen LogP contribution in [0, 0.1) is 0 Å².